The van der Waals surface area contributed by atoms with Gasteiger partial charge in [0.25, 0.3) is 0 Å². The van der Waals surface area contributed by atoms with Crippen LogP contribution in [-0.2, 0) is 0 Å². The predicted molar refractivity (Wildman–Crippen MR) is 147 cm³/mol. The predicted octanol–water partition coefficient (Wildman–Crippen LogP) is 6.70. The third-order valence-corrected chi connectivity index (χ3v) is 6.34. The van der Waals surface area contributed by atoms with Crippen molar-refractivity contribution in [3.8, 4) is 34.5 Å². The molecule has 0 unspecified atom stereocenters. The van der Waals surface area contributed by atoms with Gasteiger partial charge in [-0.3, -0.25) is 9.59 Å². The fourth-order valence-corrected chi connectivity index (χ4v) is 4.18. The van der Waals surface area contributed by atoms with Gasteiger partial charge in [-0.2, -0.15) is 0 Å². The second kappa shape index (κ2) is 17.9. The van der Waals surface area contributed by atoms with Crippen molar-refractivity contribution in [2.75, 3.05) is 41.7 Å². The smallest absolute Gasteiger partial charge is 0.164 e. The summed E-state index contributed by atoms with van der Waals surface area (Å²) >= 11 is 0. The number of hydrogen-bond donors (Lipinski definition) is 0. The van der Waals surface area contributed by atoms with E-state index in [1.807, 2.05) is 0 Å². The molecule has 0 aliphatic carbocycles. The molecule has 38 heavy (non-hydrogen) atoms. The molecule has 0 amide bonds. The molecule has 0 atom stereocenters. The van der Waals surface area contributed by atoms with Crippen LogP contribution < -0.4 is 28.4 Å². The van der Waals surface area contributed by atoms with Crippen LogP contribution in [0.5, 0.6) is 34.5 Å². The van der Waals surface area contributed by atoms with E-state index in [0.717, 1.165) is 38.3 Å². The maximum Gasteiger partial charge on any atom is 0.164 e. The van der Waals surface area contributed by atoms with Crippen LogP contribution in [0.1, 0.15) is 84.9 Å². The lowest BCUT2D eigenvalue weighted by Crippen LogP contribution is -2.01. The minimum absolute atomic E-state index is 0.439. The highest BCUT2D eigenvalue weighted by atomic mass is 16.5. The number of carbonyl (C=O) groups is 2. The summed E-state index contributed by atoms with van der Waals surface area (Å²) in [5.41, 5.74) is 0.878. The quantitative estimate of drug-likeness (QED) is 0.130. The molecule has 0 bridgehead atoms. The van der Waals surface area contributed by atoms with Crippen molar-refractivity contribution >= 4 is 12.6 Å². The maximum absolute atomic E-state index is 11.2. The standard InChI is InChI=1S/C30H42O8/c1-33-25-19-29(27(35-3)17-23(25)21-31)37-15-13-11-9-7-5-6-8-10-12-14-16-38-30-20-26(34-2)24(22-32)18-28(30)36-4/h17-22H,5-16H2,1-4H3. The van der Waals surface area contributed by atoms with Gasteiger partial charge in [-0.15, -0.1) is 0 Å². The zero-order valence-corrected chi connectivity index (χ0v) is 23.2. The van der Waals surface area contributed by atoms with E-state index in [2.05, 4.69) is 0 Å². The number of carbonyl (C=O) groups excluding carboxylic acids is 2. The highest BCUT2D eigenvalue weighted by molar-refractivity contribution is 5.82. The van der Waals surface area contributed by atoms with Gasteiger partial charge in [0, 0.05) is 12.1 Å². The van der Waals surface area contributed by atoms with E-state index >= 15 is 0 Å². The Bertz CT molecular complexity index is 909. The molecule has 2 aromatic carbocycles. The molecule has 2 rings (SSSR count). The largest absolute Gasteiger partial charge is 0.496 e. The highest BCUT2D eigenvalue weighted by Gasteiger charge is 2.13. The lowest BCUT2D eigenvalue weighted by Gasteiger charge is -2.13. The van der Waals surface area contributed by atoms with E-state index in [-0.39, 0.29) is 0 Å². The Morgan fingerprint density at radius 3 is 1.05 bits per heavy atom. The van der Waals surface area contributed by atoms with Gasteiger partial charge >= 0.3 is 0 Å². The zero-order valence-electron chi connectivity index (χ0n) is 23.2. The Labute approximate surface area is 226 Å². The second-order valence-corrected chi connectivity index (χ2v) is 8.96. The van der Waals surface area contributed by atoms with Crippen molar-refractivity contribution in [2.45, 2.75) is 64.2 Å². The van der Waals surface area contributed by atoms with E-state index in [1.165, 1.54) is 52.7 Å². The molecule has 210 valence electrons. The number of unbranched alkanes of at least 4 members (excludes halogenated alkanes) is 9. The lowest BCUT2D eigenvalue weighted by molar-refractivity contribution is 0.111. The number of rotatable bonds is 21. The fourth-order valence-electron chi connectivity index (χ4n) is 4.18. The molecule has 0 aromatic heterocycles. The van der Waals surface area contributed by atoms with Gasteiger partial charge in [-0.05, 0) is 25.0 Å². The molecular formula is C30H42O8. The Morgan fingerprint density at radius 2 is 0.763 bits per heavy atom. The van der Waals surface area contributed by atoms with Crippen molar-refractivity contribution in [3.05, 3.63) is 35.4 Å². The van der Waals surface area contributed by atoms with Crippen LogP contribution in [-0.4, -0.2) is 54.2 Å². The molecule has 0 spiro atoms. The van der Waals surface area contributed by atoms with Crippen LogP contribution in [0, 0.1) is 0 Å². The molecule has 0 saturated heterocycles. The summed E-state index contributed by atoms with van der Waals surface area (Å²) in [6.07, 6.45) is 13.0. The van der Waals surface area contributed by atoms with Crippen molar-refractivity contribution in [1.82, 2.24) is 0 Å². The molecule has 8 nitrogen and oxygen atoms in total. The van der Waals surface area contributed by atoms with Gasteiger partial charge in [0.2, 0.25) is 0 Å². The fraction of sp³-hybridized carbons (Fsp3) is 0.533. The minimum Gasteiger partial charge on any atom is -0.496 e. The van der Waals surface area contributed by atoms with E-state index in [9.17, 15) is 9.59 Å². The molecule has 2 aromatic rings. The van der Waals surface area contributed by atoms with Crippen LogP contribution in [0.25, 0.3) is 0 Å². The molecule has 0 N–H and O–H groups in total. The maximum atomic E-state index is 11.2. The molecule has 0 heterocycles. The summed E-state index contributed by atoms with van der Waals surface area (Å²) in [5.74, 6) is 3.22. The molecule has 0 aliphatic rings. The van der Waals surface area contributed by atoms with Crippen LogP contribution >= 0.6 is 0 Å². The summed E-state index contributed by atoms with van der Waals surface area (Å²) in [6.45, 7) is 1.20. The zero-order chi connectivity index (χ0) is 27.6. The van der Waals surface area contributed by atoms with E-state index in [4.69, 9.17) is 28.4 Å². The van der Waals surface area contributed by atoms with Gasteiger partial charge in [0.1, 0.15) is 11.5 Å². The van der Waals surface area contributed by atoms with Crippen LogP contribution in [0.4, 0.5) is 0 Å². The van der Waals surface area contributed by atoms with Crippen LogP contribution in [0.2, 0.25) is 0 Å². The monoisotopic (exact) mass is 530 g/mol. The van der Waals surface area contributed by atoms with Crippen molar-refractivity contribution in [3.63, 3.8) is 0 Å². The lowest BCUT2D eigenvalue weighted by atomic mass is 10.1. The number of hydrogen-bond acceptors (Lipinski definition) is 8. The van der Waals surface area contributed by atoms with E-state index < -0.39 is 0 Å². The molecular weight excluding hydrogens is 488 g/mol. The Kier molecular flexibility index (Phi) is 14.5. The summed E-state index contributed by atoms with van der Waals surface area (Å²) < 4.78 is 32.9. The average molecular weight is 531 g/mol. The van der Waals surface area contributed by atoms with Crippen LogP contribution in [0.15, 0.2) is 24.3 Å². The summed E-state index contributed by atoms with van der Waals surface area (Å²) in [5, 5.41) is 0. The topological polar surface area (TPSA) is 89.5 Å². The third kappa shape index (κ3) is 9.80. The Hall–Kier alpha value is -3.42. The summed E-state index contributed by atoms with van der Waals surface area (Å²) in [7, 11) is 6.17. The minimum atomic E-state index is 0.439. The van der Waals surface area contributed by atoms with Gasteiger partial charge in [0.15, 0.2) is 35.6 Å². The van der Waals surface area contributed by atoms with Gasteiger partial charge in [-0.25, -0.2) is 0 Å². The van der Waals surface area contributed by atoms with Gasteiger partial charge < -0.3 is 28.4 Å². The Morgan fingerprint density at radius 1 is 0.447 bits per heavy atom. The molecule has 0 saturated carbocycles. The third-order valence-electron chi connectivity index (χ3n) is 6.34. The van der Waals surface area contributed by atoms with Gasteiger partial charge in [0.05, 0.1) is 52.8 Å². The van der Waals surface area contributed by atoms with E-state index in [0.29, 0.717) is 58.8 Å². The first-order valence-corrected chi connectivity index (χ1v) is 13.3. The summed E-state index contributed by atoms with van der Waals surface area (Å²) in [6, 6.07) is 6.68. The summed E-state index contributed by atoms with van der Waals surface area (Å²) in [4.78, 5) is 22.3. The molecule has 0 radical (unpaired) electrons. The number of benzene rings is 2. The first-order valence-electron chi connectivity index (χ1n) is 13.3. The van der Waals surface area contributed by atoms with Crippen molar-refractivity contribution < 1.29 is 38.0 Å². The first-order chi connectivity index (χ1) is 18.6. The SMILES string of the molecule is COc1cc(OCCCCCCCCCCCCOc2cc(OC)c(C=O)cc2OC)c(OC)cc1C=O. The Balaban J connectivity index is 1.51. The number of ether oxygens (including phenoxy) is 6. The van der Waals surface area contributed by atoms with Crippen molar-refractivity contribution in [2.24, 2.45) is 0 Å². The first kappa shape index (κ1) is 30.8. The van der Waals surface area contributed by atoms with E-state index in [1.54, 1.807) is 38.5 Å². The highest BCUT2D eigenvalue weighted by Crippen LogP contribution is 2.35. The molecule has 8 heteroatoms. The molecule has 0 aliphatic heterocycles. The van der Waals surface area contributed by atoms with Gasteiger partial charge in [-0.1, -0.05) is 51.4 Å². The second-order valence-electron chi connectivity index (χ2n) is 8.96. The van der Waals surface area contributed by atoms with Crippen molar-refractivity contribution in [1.29, 1.82) is 0 Å². The van der Waals surface area contributed by atoms with Crippen LogP contribution in [0.3, 0.4) is 0 Å². The number of aldehydes is 2. The normalized spacial score (nSPS) is 10.5. The number of methoxy groups -OCH3 is 4. The average Bonchev–Trinajstić information content (AvgIpc) is 2.96. The molecule has 0 fully saturated rings.